The maximum Gasteiger partial charge on any atom is 0.417 e. The van der Waals surface area contributed by atoms with Crippen molar-refractivity contribution in [1.82, 2.24) is 10.2 Å². The van der Waals surface area contributed by atoms with E-state index in [4.69, 9.17) is 0 Å². The minimum atomic E-state index is -4.55. The summed E-state index contributed by atoms with van der Waals surface area (Å²) in [7, 11) is 3.72. The Balaban J connectivity index is 2.14. The molecule has 1 N–H and O–H groups in total. The molecular weight excluding hydrogens is 325 g/mol. The molecule has 0 aliphatic heterocycles. The van der Waals surface area contributed by atoms with Crippen LogP contribution in [0.15, 0.2) is 41.8 Å². The number of nitrogens with one attached hydrogen (secondary N) is 1. The lowest BCUT2D eigenvalue weighted by Crippen LogP contribution is -2.35. The second-order valence-corrected chi connectivity index (χ2v) is 6.23. The molecule has 0 saturated heterocycles. The molecule has 1 aromatic heterocycles. The number of nitrogens with zero attached hydrogens (tertiary/aromatic N) is 1. The number of carbonyl (C=O) groups is 1. The van der Waals surface area contributed by atoms with Crippen molar-refractivity contribution in [2.45, 2.75) is 12.2 Å². The Morgan fingerprint density at radius 1 is 1.22 bits per heavy atom. The highest BCUT2D eigenvalue weighted by Crippen LogP contribution is 2.32. The molecule has 1 aromatic carbocycles. The number of carbonyl (C=O) groups excluding carboxylic acids is 1. The van der Waals surface area contributed by atoms with E-state index in [2.05, 4.69) is 5.32 Å². The molecule has 3 nitrogen and oxygen atoms in total. The van der Waals surface area contributed by atoms with E-state index >= 15 is 0 Å². The van der Waals surface area contributed by atoms with E-state index < -0.39 is 17.6 Å². The topological polar surface area (TPSA) is 32.3 Å². The molecule has 0 spiro atoms. The maximum absolute atomic E-state index is 13.0. The standard InChI is InChI=1S/C16H17F3N2OS/c1-21(2)13(14-8-5-9-23-14)10-20-15(22)11-6-3-4-7-12(11)16(17,18)19/h3-9,13H,10H2,1-2H3,(H,20,22)/t13-/m1/s1. The van der Waals surface area contributed by atoms with E-state index in [9.17, 15) is 18.0 Å². The fourth-order valence-corrected chi connectivity index (χ4v) is 3.15. The lowest BCUT2D eigenvalue weighted by atomic mass is 10.1. The first-order chi connectivity index (χ1) is 10.8. The number of likely N-dealkylation sites (N-methyl/N-ethyl adjacent to an activating group) is 1. The number of alkyl halides is 3. The van der Waals surface area contributed by atoms with Crippen molar-refractivity contribution in [3.63, 3.8) is 0 Å². The molecule has 124 valence electrons. The van der Waals surface area contributed by atoms with E-state index in [-0.39, 0.29) is 18.2 Å². The molecule has 1 heterocycles. The summed E-state index contributed by atoms with van der Waals surface area (Å²) < 4.78 is 38.9. The number of rotatable bonds is 5. The Bertz CT molecular complexity index is 654. The molecular formula is C16H17F3N2OS. The molecule has 1 atom stereocenters. The van der Waals surface area contributed by atoms with Crippen molar-refractivity contribution < 1.29 is 18.0 Å². The second-order valence-electron chi connectivity index (χ2n) is 5.25. The summed E-state index contributed by atoms with van der Waals surface area (Å²) in [6.07, 6.45) is -4.55. The zero-order valence-electron chi connectivity index (χ0n) is 12.7. The van der Waals surface area contributed by atoms with Crippen LogP contribution in [0.1, 0.15) is 26.8 Å². The van der Waals surface area contributed by atoms with E-state index in [0.29, 0.717) is 0 Å². The van der Waals surface area contributed by atoms with Gasteiger partial charge in [-0.1, -0.05) is 18.2 Å². The Hall–Kier alpha value is -1.86. The first-order valence-corrected chi connectivity index (χ1v) is 7.83. The van der Waals surface area contributed by atoms with Crippen molar-refractivity contribution >= 4 is 17.2 Å². The van der Waals surface area contributed by atoms with Crippen LogP contribution in [0.4, 0.5) is 13.2 Å². The number of benzene rings is 1. The predicted octanol–water partition coefficient (Wildman–Crippen LogP) is 3.80. The van der Waals surface area contributed by atoms with Gasteiger partial charge < -0.3 is 10.2 Å². The van der Waals surface area contributed by atoms with Crippen molar-refractivity contribution in [3.8, 4) is 0 Å². The van der Waals surface area contributed by atoms with Crippen LogP contribution in [-0.4, -0.2) is 31.4 Å². The summed E-state index contributed by atoms with van der Waals surface area (Å²) in [5.41, 5.74) is -1.28. The van der Waals surface area contributed by atoms with Gasteiger partial charge in [0, 0.05) is 11.4 Å². The van der Waals surface area contributed by atoms with Crippen LogP contribution in [0, 0.1) is 0 Å². The number of hydrogen-bond acceptors (Lipinski definition) is 3. The van der Waals surface area contributed by atoms with Gasteiger partial charge in [-0.2, -0.15) is 13.2 Å². The van der Waals surface area contributed by atoms with Crippen LogP contribution in [0.2, 0.25) is 0 Å². The SMILES string of the molecule is CN(C)[C@H](CNC(=O)c1ccccc1C(F)(F)F)c1cccs1. The molecule has 2 aromatic rings. The van der Waals surface area contributed by atoms with Gasteiger partial charge in [-0.3, -0.25) is 4.79 Å². The molecule has 0 aliphatic rings. The van der Waals surface area contributed by atoms with Crippen LogP contribution < -0.4 is 5.32 Å². The molecule has 0 radical (unpaired) electrons. The van der Waals surface area contributed by atoms with Crippen LogP contribution >= 0.6 is 11.3 Å². The average molecular weight is 342 g/mol. The number of hydrogen-bond donors (Lipinski definition) is 1. The van der Waals surface area contributed by atoms with Crippen LogP contribution in [0.25, 0.3) is 0 Å². The van der Waals surface area contributed by atoms with Gasteiger partial charge in [0.15, 0.2) is 0 Å². The van der Waals surface area contributed by atoms with Crippen LogP contribution in [0.5, 0.6) is 0 Å². The molecule has 0 saturated carbocycles. The van der Waals surface area contributed by atoms with Crippen molar-refractivity contribution in [3.05, 3.63) is 57.8 Å². The van der Waals surface area contributed by atoms with Gasteiger partial charge in [0.05, 0.1) is 17.2 Å². The molecule has 2 rings (SSSR count). The van der Waals surface area contributed by atoms with Gasteiger partial charge in [-0.15, -0.1) is 11.3 Å². The third-order valence-electron chi connectivity index (χ3n) is 3.43. The van der Waals surface area contributed by atoms with E-state index in [1.165, 1.54) is 18.2 Å². The van der Waals surface area contributed by atoms with Crippen molar-refractivity contribution in [1.29, 1.82) is 0 Å². The van der Waals surface area contributed by atoms with Gasteiger partial charge in [0.1, 0.15) is 0 Å². The largest absolute Gasteiger partial charge is 0.417 e. The van der Waals surface area contributed by atoms with Gasteiger partial charge in [-0.25, -0.2) is 0 Å². The van der Waals surface area contributed by atoms with Gasteiger partial charge >= 0.3 is 6.18 Å². The third kappa shape index (κ3) is 4.33. The summed E-state index contributed by atoms with van der Waals surface area (Å²) in [4.78, 5) is 15.1. The molecule has 0 fully saturated rings. The zero-order chi connectivity index (χ0) is 17.0. The third-order valence-corrected chi connectivity index (χ3v) is 4.40. The van der Waals surface area contributed by atoms with Crippen molar-refractivity contribution in [2.75, 3.05) is 20.6 Å². The summed E-state index contributed by atoms with van der Waals surface area (Å²) >= 11 is 1.54. The van der Waals surface area contributed by atoms with Gasteiger partial charge in [0.25, 0.3) is 5.91 Å². The summed E-state index contributed by atoms with van der Waals surface area (Å²) in [6.45, 7) is 0.235. The number of halogens is 3. The molecule has 0 unspecified atom stereocenters. The Morgan fingerprint density at radius 3 is 2.48 bits per heavy atom. The molecule has 23 heavy (non-hydrogen) atoms. The normalized spacial score (nSPS) is 13.1. The summed E-state index contributed by atoms with van der Waals surface area (Å²) in [5, 5.41) is 4.53. The van der Waals surface area contributed by atoms with Crippen molar-refractivity contribution in [2.24, 2.45) is 0 Å². The van der Waals surface area contributed by atoms with Gasteiger partial charge in [0.2, 0.25) is 0 Å². The molecule has 1 amide bonds. The van der Waals surface area contributed by atoms with Crippen LogP contribution in [0.3, 0.4) is 0 Å². The minimum Gasteiger partial charge on any atom is -0.350 e. The Labute approximate surface area is 136 Å². The average Bonchev–Trinajstić information content (AvgIpc) is 3.00. The Morgan fingerprint density at radius 2 is 1.91 bits per heavy atom. The number of thiophene rings is 1. The van der Waals surface area contributed by atoms with Crippen LogP contribution in [-0.2, 0) is 6.18 Å². The summed E-state index contributed by atoms with van der Waals surface area (Å²) in [5.74, 6) is -0.721. The van der Waals surface area contributed by atoms with E-state index in [1.54, 1.807) is 11.3 Å². The maximum atomic E-state index is 13.0. The lowest BCUT2D eigenvalue weighted by Gasteiger charge is -2.24. The lowest BCUT2D eigenvalue weighted by molar-refractivity contribution is -0.137. The predicted molar refractivity (Wildman–Crippen MR) is 84.5 cm³/mol. The zero-order valence-corrected chi connectivity index (χ0v) is 13.5. The highest BCUT2D eigenvalue weighted by molar-refractivity contribution is 7.10. The minimum absolute atomic E-state index is 0.0861. The first kappa shape index (κ1) is 17.5. The molecule has 7 heteroatoms. The number of amides is 1. The summed E-state index contributed by atoms with van der Waals surface area (Å²) in [6, 6.07) is 8.55. The van der Waals surface area contributed by atoms with E-state index in [1.807, 2.05) is 36.5 Å². The fraction of sp³-hybridized carbons (Fsp3) is 0.312. The Kier molecular flexibility index (Phi) is 5.43. The van der Waals surface area contributed by atoms with E-state index in [0.717, 1.165) is 10.9 Å². The molecule has 0 bridgehead atoms. The molecule has 0 aliphatic carbocycles. The highest BCUT2D eigenvalue weighted by atomic mass is 32.1. The fourth-order valence-electron chi connectivity index (χ4n) is 2.23. The highest BCUT2D eigenvalue weighted by Gasteiger charge is 2.34. The second kappa shape index (κ2) is 7.14. The smallest absolute Gasteiger partial charge is 0.350 e. The quantitative estimate of drug-likeness (QED) is 0.896. The monoisotopic (exact) mass is 342 g/mol. The first-order valence-electron chi connectivity index (χ1n) is 6.95. The van der Waals surface area contributed by atoms with Gasteiger partial charge in [-0.05, 0) is 37.7 Å².